The van der Waals surface area contributed by atoms with Gasteiger partial charge in [0.25, 0.3) is 0 Å². The highest BCUT2D eigenvalue weighted by molar-refractivity contribution is 4.90. The van der Waals surface area contributed by atoms with Gasteiger partial charge >= 0.3 is 0 Å². The number of methoxy groups -OCH3 is 2. The molecule has 0 N–H and O–H groups in total. The van der Waals surface area contributed by atoms with Crippen molar-refractivity contribution < 1.29 is 9.47 Å². The first-order chi connectivity index (χ1) is 4.70. The van der Waals surface area contributed by atoms with Crippen LogP contribution in [0.2, 0.25) is 0 Å². The van der Waals surface area contributed by atoms with Crippen LogP contribution >= 0.6 is 0 Å². The molecule has 0 aliphatic carbocycles. The summed E-state index contributed by atoms with van der Waals surface area (Å²) < 4.78 is 10.0. The van der Waals surface area contributed by atoms with Crippen LogP contribution in [0, 0.1) is 0 Å². The Morgan fingerprint density at radius 2 is 2.10 bits per heavy atom. The van der Waals surface area contributed by atoms with Gasteiger partial charge in [-0.15, -0.1) is 6.58 Å². The van der Waals surface area contributed by atoms with Gasteiger partial charge in [-0.2, -0.15) is 0 Å². The molecular formula is C8H16O2. The normalized spacial score (nSPS) is 13.1. The second-order valence-corrected chi connectivity index (χ2v) is 2.47. The molecule has 60 valence electrons. The molecule has 0 heterocycles. The third-order valence-electron chi connectivity index (χ3n) is 1.26. The predicted molar refractivity (Wildman–Crippen MR) is 42.1 cm³/mol. The molecule has 0 aliphatic heterocycles. The van der Waals surface area contributed by atoms with E-state index in [0.29, 0.717) is 6.61 Å². The molecule has 0 saturated heterocycles. The van der Waals surface area contributed by atoms with E-state index in [0.717, 1.165) is 12.0 Å². The molecule has 0 spiro atoms. The smallest absolute Gasteiger partial charge is 0.0841 e. The molecule has 1 unspecified atom stereocenters. The minimum Gasteiger partial charge on any atom is -0.382 e. The second-order valence-electron chi connectivity index (χ2n) is 2.47. The Hall–Kier alpha value is -0.340. The standard InChI is InChI=1S/C8H16O2/c1-7(2)5-8(10-4)6-9-3/h8H,1,5-6H2,2-4H3. The molecule has 0 saturated carbocycles. The number of hydrogen-bond donors (Lipinski definition) is 0. The molecule has 0 radical (unpaired) electrons. The van der Waals surface area contributed by atoms with Gasteiger partial charge in [-0.3, -0.25) is 0 Å². The van der Waals surface area contributed by atoms with Crippen LogP contribution in [0.5, 0.6) is 0 Å². The van der Waals surface area contributed by atoms with Gasteiger partial charge in [0.05, 0.1) is 12.7 Å². The largest absolute Gasteiger partial charge is 0.382 e. The van der Waals surface area contributed by atoms with Crippen molar-refractivity contribution in [1.29, 1.82) is 0 Å². The van der Waals surface area contributed by atoms with Crippen molar-refractivity contribution in [2.45, 2.75) is 19.4 Å². The molecule has 0 aromatic rings. The van der Waals surface area contributed by atoms with Crippen LogP contribution in [-0.4, -0.2) is 26.9 Å². The molecule has 0 bridgehead atoms. The van der Waals surface area contributed by atoms with E-state index in [1.165, 1.54) is 0 Å². The van der Waals surface area contributed by atoms with Crippen LogP contribution in [0.15, 0.2) is 12.2 Å². The maximum Gasteiger partial charge on any atom is 0.0841 e. The van der Waals surface area contributed by atoms with Crippen molar-refractivity contribution in [2.24, 2.45) is 0 Å². The van der Waals surface area contributed by atoms with E-state index in [-0.39, 0.29) is 6.10 Å². The SMILES string of the molecule is C=C(C)CC(COC)OC. The molecule has 0 amide bonds. The Kier molecular flexibility index (Phi) is 5.26. The number of hydrogen-bond acceptors (Lipinski definition) is 2. The second kappa shape index (κ2) is 5.45. The van der Waals surface area contributed by atoms with E-state index < -0.39 is 0 Å². The molecule has 0 aromatic carbocycles. The van der Waals surface area contributed by atoms with Crippen molar-refractivity contribution >= 4 is 0 Å². The fourth-order valence-corrected chi connectivity index (χ4v) is 0.785. The van der Waals surface area contributed by atoms with Crippen molar-refractivity contribution in [2.75, 3.05) is 20.8 Å². The topological polar surface area (TPSA) is 18.5 Å². The molecule has 0 aromatic heterocycles. The third kappa shape index (κ3) is 4.53. The van der Waals surface area contributed by atoms with Gasteiger partial charge in [-0.25, -0.2) is 0 Å². The first-order valence-corrected chi connectivity index (χ1v) is 3.36. The zero-order valence-electron chi connectivity index (χ0n) is 7.02. The molecule has 0 rings (SSSR count). The van der Waals surface area contributed by atoms with Gasteiger partial charge in [0.1, 0.15) is 0 Å². The Labute approximate surface area is 62.8 Å². The molecule has 1 atom stereocenters. The Bertz CT molecular complexity index is 99.4. The summed E-state index contributed by atoms with van der Waals surface area (Å²) in [5.74, 6) is 0. The highest BCUT2D eigenvalue weighted by Crippen LogP contribution is 2.04. The molecule has 0 aliphatic rings. The van der Waals surface area contributed by atoms with Gasteiger partial charge in [-0.1, -0.05) is 5.57 Å². The summed E-state index contributed by atoms with van der Waals surface area (Å²) in [4.78, 5) is 0. The van der Waals surface area contributed by atoms with Gasteiger partial charge in [-0.05, 0) is 13.3 Å². The average molecular weight is 144 g/mol. The first kappa shape index (κ1) is 9.66. The lowest BCUT2D eigenvalue weighted by Gasteiger charge is -2.13. The Morgan fingerprint density at radius 3 is 2.40 bits per heavy atom. The lowest BCUT2D eigenvalue weighted by molar-refractivity contribution is 0.0290. The minimum absolute atomic E-state index is 0.169. The zero-order valence-corrected chi connectivity index (χ0v) is 7.02. The van der Waals surface area contributed by atoms with Gasteiger partial charge in [0, 0.05) is 14.2 Å². The minimum atomic E-state index is 0.169. The summed E-state index contributed by atoms with van der Waals surface area (Å²) in [5.41, 5.74) is 1.13. The highest BCUT2D eigenvalue weighted by Gasteiger charge is 2.05. The Balaban J connectivity index is 3.49. The van der Waals surface area contributed by atoms with Crippen molar-refractivity contribution in [3.8, 4) is 0 Å². The average Bonchev–Trinajstić information content (AvgIpc) is 1.86. The lowest BCUT2D eigenvalue weighted by atomic mass is 10.1. The first-order valence-electron chi connectivity index (χ1n) is 3.36. The van der Waals surface area contributed by atoms with E-state index in [1.807, 2.05) is 6.92 Å². The molecule has 2 heteroatoms. The fraction of sp³-hybridized carbons (Fsp3) is 0.750. The summed E-state index contributed by atoms with van der Waals surface area (Å²) in [6.45, 7) is 6.42. The summed E-state index contributed by atoms with van der Waals surface area (Å²) in [6, 6.07) is 0. The van der Waals surface area contributed by atoms with Crippen molar-refractivity contribution in [1.82, 2.24) is 0 Å². The fourth-order valence-electron chi connectivity index (χ4n) is 0.785. The summed E-state index contributed by atoms with van der Waals surface area (Å²) >= 11 is 0. The van der Waals surface area contributed by atoms with Crippen LogP contribution in [0.3, 0.4) is 0 Å². The van der Waals surface area contributed by atoms with E-state index in [9.17, 15) is 0 Å². The molecular weight excluding hydrogens is 128 g/mol. The van der Waals surface area contributed by atoms with Gasteiger partial charge in [0.15, 0.2) is 0 Å². The van der Waals surface area contributed by atoms with E-state index >= 15 is 0 Å². The van der Waals surface area contributed by atoms with Crippen molar-refractivity contribution in [3.05, 3.63) is 12.2 Å². The van der Waals surface area contributed by atoms with Crippen LogP contribution in [0.1, 0.15) is 13.3 Å². The quantitative estimate of drug-likeness (QED) is 0.546. The van der Waals surface area contributed by atoms with Crippen LogP contribution in [-0.2, 0) is 9.47 Å². The molecule has 2 nitrogen and oxygen atoms in total. The zero-order chi connectivity index (χ0) is 7.98. The van der Waals surface area contributed by atoms with Gasteiger partial charge in [0.2, 0.25) is 0 Å². The number of rotatable bonds is 5. The summed E-state index contributed by atoms with van der Waals surface area (Å²) in [6.07, 6.45) is 1.05. The van der Waals surface area contributed by atoms with E-state index in [4.69, 9.17) is 9.47 Å². The summed E-state index contributed by atoms with van der Waals surface area (Å²) in [5, 5.41) is 0. The Morgan fingerprint density at radius 1 is 1.50 bits per heavy atom. The summed E-state index contributed by atoms with van der Waals surface area (Å²) in [7, 11) is 3.36. The lowest BCUT2D eigenvalue weighted by Crippen LogP contribution is -2.17. The van der Waals surface area contributed by atoms with Crippen LogP contribution < -0.4 is 0 Å². The van der Waals surface area contributed by atoms with E-state index in [2.05, 4.69) is 6.58 Å². The third-order valence-corrected chi connectivity index (χ3v) is 1.26. The van der Waals surface area contributed by atoms with Crippen molar-refractivity contribution in [3.63, 3.8) is 0 Å². The number of ether oxygens (including phenoxy) is 2. The van der Waals surface area contributed by atoms with Crippen LogP contribution in [0.25, 0.3) is 0 Å². The maximum atomic E-state index is 5.12. The monoisotopic (exact) mass is 144 g/mol. The molecule has 10 heavy (non-hydrogen) atoms. The van der Waals surface area contributed by atoms with Gasteiger partial charge < -0.3 is 9.47 Å². The molecule has 0 fully saturated rings. The highest BCUT2D eigenvalue weighted by atomic mass is 16.5. The van der Waals surface area contributed by atoms with Crippen LogP contribution in [0.4, 0.5) is 0 Å². The predicted octanol–water partition coefficient (Wildman–Crippen LogP) is 1.61. The maximum absolute atomic E-state index is 5.12. The van der Waals surface area contributed by atoms with E-state index in [1.54, 1.807) is 14.2 Å².